The van der Waals surface area contributed by atoms with Crippen molar-refractivity contribution in [3.63, 3.8) is 0 Å². The average Bonchev–Trinajstić information content (AvgIpc) is 2.70. The molecule has 0 aromatic heterocycles. The second kappa shape index (κ2) is 10.2. The minimum absolute atomic E-state index is 0.0263. The molecule has 0 spiro atoms. The Hall–Kier alpha value is -3.27. The van der Waals surface area contributed by atoms with Crippen molar-refractivity contribution in [2.45, 2.75) is 4.90 Å². The van der Waals surface area contributed by atoms with Crippen LogP contribution in [0.4, 0.5) is 11.4 Å². The number of esters is 1. The number of nitro benzene ring substituents is 1. The number of benzene rings is 2. The van der Waals surface area contributed by atoms with Gasteiger partial charge in [-0.25, -0.2) is 0 Å². The van der Waals surface area contributed by atoms with Gasteiger partial charge in [0.05, 0.1) is 24.9 Å². The fourth-order valence-corrected chi connectivity index (χ4v) is 2.80. The van der Waals surface area contributed by atoms with Crippen LogP contribution in [0, 0.1) is 10.1 Å². The largest absolute Gasteiger partial charge is 0.493 e. The number of ether oxygens (including phenoxy) is 3. The van der Waals surface area contributed by atoms with Crippen molar-refractivity contribution in [2.24, 2.45) is 0 Å². The molecule has 148 valence electrons. The van der Waals surface area contributed by atoms with E-state index >= 15 is 0 Å². The van der Waals surface area contributed by atoms with Crippen LogP contribution in [-0.4, -0.2) is 43.4 Å². The average molecular weight is 406 g/mol. The molecule has 9 nitrogen and oxygen atoms in total. The number of anilines is 1. The molecule has 0 fully saturated rings. The normalized spacial score (nSPS) is 10.1. The van der Waals surface area contributed by atoms with Crippen molar-refractivity contribution in [3.05, 3.63) is 52.6 Å². The molecule has 10 heteroatoms. The van der Waals surface area contributed by atoms with Crippen LogP contribution < -0.4 is 14.8 Å². The first kappa shape index (κ1) is 21.0. The smallest absolute Gasteiger partial charge is 0.316 e. The molecule has 0 heterocycles. The lowest BCUT2D eigenvalue weighted by Gasteiger charge is -2.10. The van der Waals surface area contributed by atoms with Gasteiger partial charge in [0.1, 0.15) is 0 Å². The zero-order valence-electron chi connectivity index (χ0n) is 15.2. The Bertz CT molecular complexity index is 856. The molecular formula is C18H18N2O7S. The number of amides is 1. The van der Waals surface area contributed by atoms with Gasteiger partial charge < -0.3 is 19.5 Å². The highest BCUT2D eigenvalue weighted by Crippen LogP contribution is 2.29. The summed E-state index contributed by atoms with van der Waals surface area (Å²) >= 11 is 1.15. The molecule has 28 heavy (non-hydrogen) atoms. The molecule has 0 bridgehead atoms. The molecule has 2 rings (SSSR count). The number of thioether (sulfide) groups is 1. The van der Waals surface area contributed by atoms with Crippen molar-refractivity contribution in [1.82, 2.24) is 0 Å². The molecule has 0 aliphatic rings. The number of non-ortho nitro benzene ring substituents is 1. The third kappa shape index (κ3) is 6.16. The molecule has 2 aromatic rings. The molecule has 0 saturated heterocycles. The Morgan fingerprint density at radius 1 is 1.07 bits per heavy atom. The number of hydrogen-bond acceptors (Lipinski definition) is 8. The van der Waals surface area contributed by atoms with E-state index in [1.807, 2.05) is 0 Å². The number of rotatable bonds is 9. The summed E-state index contributed by atoms with van der Waals surface area (Å²) in [5.41, 5.74) is 0.442. The van der Waals surface area contributed by atoms with E-state index in [1.54, 1.807) is 30.3 Å². The van der Waals surface area contributed by atoms with Crippen molar-refractivity contribution in [3.8, 4) is 11.5 Å². The third-order valence-corrected chi connectivity index (χ3v) is 4.42. The summed E-state index contributed by atoms with van der Waals surface area (Å²) < 4.78 is 15.2. The van der Waals surface area contributed by atoms with Gasteiger partial charge in [-0.1, -0.05) is 0 Å². The topological polar surface area (TPSA) is 117 Å². The Morgan fingerprint density at radius 3 is 2.36 bits per heavy atom. The Kier molecular flexibility index (Phi) is 7.64. The Labute approximate surface area is 165 Å². The molecule has 1 amide bonds. The first-order valence-corrected chi connectivity index (χ1v) is 8.96. The SMILES string of the molecule is COc1ccc(NC(=O)COC(=O)CSc2ccc([N+](=O)[O-])cc2)cc1OC. The van der Waals surface area contributed by atoms with Gasteiger partial charge in [-0.15, -0.1) is 11.8 Å². The highest BCUT2D eigenvalue weighted by atomic mass is 32.2. The summed E-state index contributed by atoms with van der Waals surface area (Å²) in [5, 5.41) is 13.2. The predicted molar refractivity (Wildman–Crippen MR) is 103 cm³/mol. The van der Waals surface area contributed by atoms with Crippen molar-refractivity contribution >= 4 is 35.0 Å². The summed E-state index contributed by atoms with van der Waals surface area (Å²) in [7, 11) is 2.98. The Morgan fingerprint density at radius 2 is 1.75 bits per heavy atom. The van der Waals surface area contributed by atoms with Crippen LogP contribution in [0.1, 0.15) is 0 Å². The number of nitrogens with zero attached hydrogens (tertiary/aromatic N) is 1. The molecule has 0 saturated carbocycles. The van der Waals surface area contributed by atoms with Crippen molar-refractivity contribution in [1.29, 1.82) is 0 Å². The molecule has 2 aromatic carbocycles. The van der Waals surface area contributed by atoms with Gasteiger partial charge in [-0.3, -0.25) is 19.7 Å². The monoisotopic (exact) mass is 406 g/mol. The maximum Gasteiger partial charge on any atom is 0.316 e. The standard InChI is InChI=1S/C18H18N2O7S/c1-25-15-8-3-12(9-16(15)26-2)19-17(21)10-27-18(22)11-28-14-6-4-13(5-7-14)20(23)24/h3-9H,10-11H2,1-2H3,(H,19,21). The van der Waals surface area contributed by atoms with Crippen LogP contribution >= 0.6 is 11.8 Å². The quantitative estimate of drug-likeness (QED) is 0.292. The second-order valence-electron chi connectivity index (χ2n) is 5.32. The van der Waals surface area contributed by atoms with E-state index in [-0.39, 0.29) is 11.4 Å². The van der Waals surface area contributed by atoms with E-state index in [1.165, 1.54) is 26.4 Å². The molecule has 0 aliphatic heterocycles. The van der Waals surface area contributed by atoms with E-state index in [2.05, 4.69) is 5.32 Å². The van der Waals surface area contributed by atoms with Gasteiger partial charge in [0, 0.05) is 28.8 Å². The molecule has 0 unspecified atom stereocenters. The summed E-state index contributed by atoms with van der Waals surface area (Å²) in [6.07, 6.45) is 0. The minimum Gasteiger partial charge on any atom is -0.493 e. The summed E-state index contributed by atoms with van der Waals surface area (Å²) in [4.78, 5) is 34.5. The van der Waals surface area contributed by atoms with E-state index in [9.17, 15) is 19.7 Å². The van der Waals surface area contributed by atoms with Crippen LogP contribution in [0.25, 0.3) is 0 Å². The summed E-state index contributed by atoms with van der Waals surface area (Å²) in [6.45, 7) is -0.437. The van der Waals surface area contributed by atoms with E-state index in [0.717, 1.165) is 11.8 Å². The lowest BCUT2D eigenvalue weighted by atomic mass is 10.2. The fraction of sp³-hybridized carbons (Fsp3) is 0.222. The second-order valence-corrected chi connectivity index (χ2v) is 6.37. The fourth-order valence-electron chi connectivity index (χ4n) is 2.11. The summed E-state index contributed by atoms with van der Waals surface area (Å²) in [5.74, 6) is -0.125. The van der Waals surface area contributed by atoms with Gasteiger partial charge in [0.2, 0.25) is 0 Å². The van der Waals surface area contributed by atoms with Gasteiger partial charge >= 0.3 is 5.97 Å². The predicted octanol–water partition coefficient (Wildman–Crippen LogP) is 2.89. The van der Waals surface area contributed by atoms with Crippen LogP contribution in [0.15, 0.2) is 47.4 Å². The number of carbonyl (C=O) groups is 2. The Balaban J connectivity index is 1.77. The number of methoxy groups -OCH3 is 2. The molecule has 0 aliphatic carbocycles. The van der Waals surface area contributed by atoms with E-state index in [0.29, 0.717) is 22.1 Å². The number of nitro groups is 1. The third-order valence-electron chi connectivity index (χ3n) is 3.44. The zero-order valence-corrected chi connectivity index (χ0v) is 16.0. The number of carbonyl (C=O) groups excluding carboxylic acids is 2. The zero-order chi connectivity index (χ0) is 20.5. The summed E-state index contributed by atoms with van der Waals surface area (Å²) in [6, 6.07) is 10.6. The molecule has 0 radical (unpaired) electrons. The van der Waals surface area contributed by atoms with Crippen molar-refractivity contribution < 1.29 is 28.7 Å². The van der Waals surface area contributed by atoms with Crippen LogP contribution in [0.2, 0.25) is 0 Å². The lowest BCUT2D eigenvalue weighted by molar-refractivity contribution is -0.384. The van der Waals surface area contributed by atoms with Crippen LogP contribution in [0.5, 0.6) is 11.5 Å². The first-order chi connectivity index (χ1) is 13.4. The van der Waals surface area contributed by atoms with Crippen molar-refractivity contribution in [2.75, 3.05) is 31.9 Å². The maximum atomic E-state index is 11.9. The molecule has 0 atom stereocenters. The molecular weight excluding hydrogens is 388 g/mol. The van der Waals surface area contributed by atoms with E-state index in [4.69, 9.17) is 14.2 Å². The molecule has 1 N–H and O–H groups in total. The number of hydrogen-bond donors (Lipinski definition) is 1. The highest BCUT2D eigenvalue weighted by molar-refractivity contribution is 8.00. The minimum atomic E-state index is -0.578. The van der Waals surface area contributed by atoms with Gasteiger partial charge in [0.15, 0.2) is 18.1 Å². The van der Waals surface area contributed by atoms with Gasteiger partial charge in [-0.05, 0) is 24.3 Å². The van der Waals surface area contributed by atoms with Crippen LogP contribution in [-0.2, 0) is 14.3 Å². The van der Waals surface area contributed by atoms with Gasteiger partial charge in [0.25, 0.3) is 11.6 Å². The lowest BCUT2D eigenvalue weighted by Crippen LogP contribution is -2.21. The van der Waals surface area contributed by atoms with Gasteiger partial charge in [-0.2, -0.15) is 0 Å². The number of nitrogens with one attached hydrogen (secondary N) is 1. The van der Waals surface area contributed by atoms with Crippen LogP contribution in [0.3, 0.4) is 0 Å². The highest BCUT2D eigenvalue weighted by Gasteiger charge is 2.11. The van der Waals surface area contributed by atoms with E-state index < -0.39 is 23.4 Å². The first-order valence-electron chi connectivity index (χ1n) is 7.97. The maximum absolute atomic E-state index is 11.9.